The van der Waals surface area contributed by atoms with E-state index in [0.717, 1.165) is 39.0 Å². The third-order valence-electron chi connectivity index (χ3n) is 4.58. The molecule has 4 rings (SSSR count). The summed E-state index contributed by atoms with van der Waals surface area (Å²) in [6, 6.07) is 5.85. The summed E-state index contributed by atoms with van der Waals surface area (Å²) < 4.78 is 11.1. The maximum Gasteiger partial charge on any atom is 0.268 e. The lowest BCUT2D eigenvalue weighted by atomic mass is 10.1. The summed E-state index contributed by atoms with van der Waals surface area (Å²) in [6.45, 7) is 7.89. The molecule has 134 valence electrons. The van der Waals surface area contributed by atoms with E-state index in [1.54, 1.807) is 23.2 Å². The molecule has 7 heteroatoms. The first-order valence-electron chi connectivity index (χ1n) is 8.40. The molecule has 26 heavy (non-hydrogen) atoms. The fourth-order valence-corrected chi connectivity index (χ4v) is 3.73. The average molecular weight is 369 g/mol. The van der Waals surface area contributed by atoms with Gasteiger partial charge in [0.2, 0.25) is 0 Å². The molecule has 0 fully saturated rings. The van der Waals surface area contributed by atoms with E-state index in [-0.39, 0.29) is 5.91 Å². The van der Waals surface area contributed by atoms with E-state index in [1.807, 2.05) is 44.4 Å². The quantitative estimate of drug-likeness (QED) is 0.697. The second-order valence-electron chi connectivity index (χ2n) is 6.42. The topological polar surface area (TPSA) is 68.5 Å². The summed E-state index contributed by atoms with van der Waals surface area (Å²) in [5.74, 6) is 1.34. The summed E-state index contributed by atoms with van der Waals surface area (Å²) in [5, 5.41) is 7.02. The van der Waals surface area contributed by atoms with Crippen molar-refractivity contribution in [2.24, 2.45) is 0 Å². The van der Waals surface area contributed by atoms with Gasteiger partial charge in [-0.3, -0.25) is 4.79 Å². The number of benzene rings is 1. The van der Waals surface area contributed by atoms with Crippen molar-refractivity contribution in [2.75, 3.05) is 4.90 Å². The van der Waals surface area contributed by atoms with Crippen LogP contribution in [0.4, 0.5) is 5.69 Å². The number of fused-ring (bicyclic) bond motifs is 1. The maximum absolute atomic E-state index is 12.8. The van der Waals surface area contributed by atoms with E-state index in [4.69, 9.17) is 9.26 Å². The minimum absolute atomic E-state index is 0.0795. The van der Waals surface area contributed by atoms with Crippen LogP contribution in [0.3, 0.4) is 0 Å². The van der Waals surface area contributed by atoms with Crippen molar-refractivity contribution < 1.29 is 14.1 Å². The van der Waals surface area contributed by atoms with E-state index < -0.39 is 6.10 Å². The Morgan fingerprint density at radius 1 is 1.27 bits per heavy atom. The third kappa shape index (κ3) is 2.78. The Hall–Kier alpha value is -2.67. The highest BCUT2D eigenvalue weighted by Crippen LogP contribution is 2.39. The van der Waals surface area contributed by atoms with Crippen LogP contribution in [0.1, 0.15) is 28.9 Å². The number of nitrogens with zero attached hydrogens (tertiary/aromatic N) is 3. The molecule has 6 nitrogen and oxygen atoms in total. The zero-order chi connectivity index (χ0) is 18.4. The molecule has 0 N–H and O–H groups in total. The summed E-state index contributed by atoms with van der Waals surface area (Å²) in [6.07, 6.45) is -0.532. The molecule has 3 aromatic rings. The minimum Gasteiger partial charge on any atom is -0.479 e. The van der Waals surface area contributed by atoms with Gasteiger partial charge in [-0.15, -0.1) is 11.3 Å². The van der Waals surface area contributed by atoms with E-state index in [1.165, 1.54) is 0 Å². The fourth-order valence-electron chi connectivity index (χ4n) is 3.11. The first-order chi connectivity index (χ1) is 12.4. The molecule has 3 heterocycles. The first-order valence-corrected chi connectivity index (χ1v) is 9.28. The van der Waals surface area contributed by atoms with Crippen molar-refractivity contribution in [2.45, 2.75) is 40.3 Å². The number of hydrogen-bond acceptors (Lipinski definition) is 6. The van der Waals surface area contributed by atoms with Crippen LogP contribution in [-0.2, 0) is 11.3 Å². The number of carbonyl (C=O) groups excluding carboxylic acids is 1. The molecule has 0 saturated heterocycles. The van der Waals surface area contributed by atoms with Gasteiger partial charge in [-0.25, -0.2) is 4.98 Å². The molecule has 0 bridgehead atoms. The van der Waals surface area contributed by atoms with Gasteiger partial charge in [-0.1, -0.05) is 5.16 Å². The number of ether oxygens (including phenoxy) is 1. The zero-order valence-electron chi connectivity index (χ0n) is 15.1. The monoisotopic (exact) mass is 369 g/mol. The Bertz CT molecular complexity index is 972. The number of anilines is 1. The Balaban J connectivity index is 1.78. The Morgan fingerprint density at radius 2 is 2.08 bits per heavy atom. The molecule has 1 atom stereocenters. The Morgan fingerprint density at radius 3 is 2.73 bits per heavy atom. The molecule has 2 aromatic heterocycles. The van der Waals surface area contributed by atoms with Crippen molar-refractivity contribution >= 4 is 22.9 Å². The van der Waals surface area contributed by atoms with Crippen molar-refractivity contribution in [1.29, 1.82) is 0 Å². The average Bonchev–Trinajstić information content (AvgIpc) is 3.18. The van der Waals surface area contributed by atoms with E-state index in [2.05, 4.69) is 10.1 Å². The summed E-state index contributed by atoms with van der Waals surface area (Å²) in [7, 11) is 0. The SMILES string of the molecule is Cc1nc(-c2ccc3c(c2)N(Cc2c(C)noc2C)C(=O)C(C)O3)cs1. The van der Waals surface area contributed by atoms with Gasteiger partial charge >= 0.3 is 0 Å². The van der Waals surface area contributed by atoms with Crippen molar-refractivity contribution in [3.63, 3.8) is 0 Å². The van der Waals surface area contributed by atoms with Crippen LogP contribution in [0.2, 0.25) is 0 Å². The number of rotatable bonds is 3. The molecular weight excluding hydrogens is 350 g/mol. The molecule has 0 radical (unpaired) electrons. The van der Waals surface area contributed by atoms with Gasteiger partial charge in [0.05, 0.1) is 28.6 Å². The smallest absolute Gasteiger partial charge is 0.268 e. The van der Waals surface area contributed by atoms with Crippen LogP contribution in [0.5, 0.6) is 5.75 Å². The highest BCUT2D eigenvalue weighted by molar-refractivity contribution is 7.09. The largest absolute Gasteiger partial charge is 0.479 e. The number of amides is 1. The van der Waals surface area contributed by atoms with E-state index in [0.29, 0.717) is 12.3 Å². The number of hydrogen-bond donors (Lipinski definition) is 0. The molecule has 1 aromatic carbocycles. The fraction of sp³-hybridized carbons (Fsp3) is 0.316. The summed E-state index contributed by atoms with van der Waals surface area (Å²) >= 11 is 1.60. The number of thiazole rings is 1. The normalized spacial score (nSPS) is 16.5. The second-order valence-corrected chi connectivity index (χ2v) is 7.48. The lowest BCUT2D eigenvalue weighted by molar-refractivity contribution is -0.125. The van der Waals surface area contributed by atoms with Gasteiger partial charge in [0.25, 0.3) is 5.91 Å². The maximum atomic E-state index is 12.8. The molecule has 0 spiro atoms. The van der Waals surface area contributed by atoms with E-state index >= 15 is 0 Å². The molecule has 1 aliphatic heterocycles. The van der Waals surface area contributed by atoms with Gasteiger partial charge in [-0.2, -0.15) is 0 Å². The predicted octanol–water partition coefficient (Wildman–Crippen LogP) is 4.04. The highest BCUT2D eigenvalue weighted by atomic mass is 32.1. The third-order valence-corrected chi connectivity index (χ3v) is 5.35. The summed E-state index contributed by atoms with van der Waals surface area (Å²) in [5.41, 5.74) is 4.33. The van der Waals surface area contributed by atoms with Crippen molar-refractivity contribution in [1.82, 2.24) is 10.1 Å². The van der Waals surface area contributed by atoms with Gasteiger partial charge in [0, 0.05) is 16.5 Å². The molecule has 1 unspecified atom stereocenters. The van der Waals surface area contributed by atoms with Crippen LogP contribution >= 0.6 is 11.3 Å². The summed E-state index contributed by atoms with van der Waals surface area (Å²) in [4.78, 5) is 19.1. The highest BCUT2D eigenvalue weighted by Gasteiger charge is 2.33. The number of carbonyl (C=O) groups is 1. The van der Waals surface area contributed by atoms with Crippen LogP contribution in [-0.4, -0.2) is 22.2 Å². The minimum atomic E-state index is -0.532. The van der Waals surface area contributed by atoms with Crippen LogP contribution in [0, 0.1) is 20.8 Å². The molecular formula is C19H19N3O3S. The van der Waals surface area contributed by atoms with Gasteiger partial charge in [0.15, 0.2) is 6.10 Å². The zero-order valence-corrected chi connectivity index (χ0v) is 15.9. The van der Waals surface area contributed by atoms with Crippen molar-refractivity contribution in [3.8, 4) is 17.0 Å². The Kier molecular flexibility index (Phi) is 4.03. The number of aromatic nitrogens is 2. The lowest BCUT2D eigenvalue weighted by Gasteiger charge is -2.33. The van der Waals surface area contributed by atoms with Crippen LogP contribution in [0.15, 0.2) is 28.1 Å². The molecule has 1 amide bonds. The van der Waals surface area contributed by atoms with Crippen LogP contribution < -0.4 is 9.64 Å². The predicted molar refractivity (Wildman–Crippen MR) is 99.5 cm³/mol. The molecule has 0 saturated carbocycles. The van der Waals surface area contributed by atoms with Crippen LogP contribution in [0.25, 0.3) is 11.3 Å². The first kappa shape index (κ1) is 16.8. The van der Waals surface area contributed by atoms with Crippen molar-refractivity contribution in [3.05, 3.63) is 45.6 Å². The Labute approximate surface area is 155 Å². The number of aryl methyl sites for hydroxylation is 3. The van der Waals surface area contributed by atoms with Gasteiger partial charge in [-0.05, 0) is 45.9 Å². The standard InChI is InChI=1S/C19H19N3O3S/c1-10-15(11(2)25-21-10)8-22-17-7-14(16-9-26-13(4)20-16)5-6-18(17)24-12(3)19(22)23/h5-7,9,12H,8H2,1-4H3. The second kappa shape index (κ2) is 6.25. The van der Waals surface area contributed by atoms with E-state index in [9.17, 15) is 4.79 Å². The molecule has 0 aliphatic carbocycles. The lowest BCUT2D eigenvalue weighted by Crippen LogP contribution is -2.44. The van der Waals surface area contributed by atoms with Gasteiger partial charge < -0.3 is 14.2 Å². The van der Waals surface area contributed by atoms with Gasteiger partial charge in [0.1, 0.15) is 11.5 Å². The molecule has 1 aliphatic rings.